The maximum absolute atomic E-state index is 11.8. The van der Waals surface area contributed by atoms with E-state index in [0.29, 0.717) is 6.42 Å². The molecule has 0 aromatic heterocycles. The highest BCUT2D eigenvalue weighted by molar-refractivity contribution is 6.01. The Bertz CT molecular complexity index is 557. The van der Waals surface area contributed by atoms with E-state index in [9.17, 15) is 4.79 Å². The molecule has 1 heterocycles. The summed E-state index contributed by atoms with van der Waals surface area (Å²) in [6, 6.07) is 5.78. The number of fused-ring (bicyclic) bond motifs is 1. The van der Waals surface area contributed by atoms with Crippen LogP contribution in [0, 0.1) is 0 Å². The van der Waals surface area contributed by atoms with E-state index < -0.39 is 0 Å². The molecule has 1 atom stereocenters. The summed E-state index contributed by atoms with van der Waals surface area (Å²) in [6.45, 7) is 8.33. The number of carbonyl (C=O) groups excluding carboxylic acids is 1. The van der Waals surface area contributed by atoms with Gasteiger partial charge in [0.1, 0.15) is 17.5 Å². The highest BCUT2D eigenvalue weighted by atomic mass is 16.6. The second kappa shape index (κ2) is 4.32. The summed E-state index contributed by atoms with van der Waals surface area (Å²) in [5, 5.41) is 0. The van der Waals surface area contributed by atoms with Crippen molar-refractivity contribution in [3.8, 4) is 5.75 Å². The van der Waals surface area contributed by atoms with E-state index in [1.54, 1.807) is 0 Å². The number of rotatable bonds is 2. The lowest BCUT2D eigenvalue weighted by molar-refractivity contribution is -0.0846. The van der Waals surface area contributed by atoms with Crippen LogP contribution in [0.15, 0.2) is 18.2 Å². The summed E-state index contributed by atoms with van der Waals surface area (Å²) in [7, 11) is 0. The molecule has 108 valence electrons. The Morgan fingerprint density at radius 3 is 2.60 bits per heavy atom. The molecule has 1 aliphatic heterocycles. The molecule has 1 fully saturated rings. The normalized spacial score (nSPS) is 26.6. The number of benzene rings is 1. The molecule has 3 nitrogen and oxygen atoms in total. The largest absolute Gasteiger partial charge is 0.487 e. The van der Waals surface area contributed by atoms with Crippen LogP contribution in [-0.4, -0.2) is 23.1 Å². The molecule has 1 unspecified atom stereocenters. The number of hydrogen-bond acceptors (Lipinski definition) is 3. The highest BCUT2D eigenvalue weighted by Crippen LogP contribution is 2.41. The van der Waals surface area contributed by atoms with E-state index >= 15 is 0 Å². The van der Waals surface area contributed by atoms with Gasteiger partial charge in [-0.05, 0) is 40.2 Å². The van der Waals surface area contributed by atoms with Crippen LogP contribution in [0.2, 0.25) is 0 Å². The number of ether oxygens (including phenoxy) is 2. The van der Waals surface area contributed by atoms with E-state index in [-0.39, 0.29) is 23.1 Å². The minimum atomic E-state index is -0.311. The number of hydrogen-bond donors (Lipinski definition) is 0. The lowest BCUT2D eigenvalue weighted by Gasteiger charge is -2.28. The van der Waals surface area contributed by atoms with Gasteiger partial charge in [0.15, 0.2) is 5.78 Å². The third-order valence-electron chi connectivity index (χ3n) is 4.30. The van der Waals surface area contributed by atoms with Crippen LogP contribution in [0.3, 0.4) is 0 Å². The van der Waals surface area contributed by atoms with Crippen molar-refractivity contribution in [1.82, 2.24) is 0 Å². The standard InChI is InChI=1S/C17H22O3/c1-16(2)10-15(17(3,4)20-16)19-14-7-5-6-11-12(14)8-9-13(11)18/h5-7,15H,8-10H2,1-4H3. The summed E-state index contributed by atoms with van der Waals surface area (Å²) in [4.78, 5) is 11.8. The van der Waals surface area contributed by atoms with Crippen LogP contribution in [0.25, 0.3) is 0 Å². The zero-order valence-electron chi connectivity index (χ0n) is 12.7. The van der Waals surface area contributed by atoms with Gasteiger partial charge in [0.05, 0.1) is 5.60 Å². The molecule has 0 saturated carbocycles. The van der Waals surface area contributed by atoms with Gasteiger partial charge in [-0.2, -0.15) is 0 Å². The molecule has 3 rings (SSSR count). The van der Waals surface area contributed by atoms with E-state index in [4.69, 9.17) is 9.47 Å². The van der Waals surface area contributed by atoms with Crippen molar-refractivity contribution in [2.75, 3.05) is 0 Å². The summed E-state index contributed by atoms with van der Waals surface area (Å²) < 4.78 is 12.3. The molecule has 2 aliphatic rings. The fourth-order valence-corrected chi connectivity index (χ4v) is 3.42. The fraction of sp³-hybridized carbons (Fsp3) is 0.588. The molecule has 0 bridgehead atoms. The van der Waals surface area contributed by atoms with Crippen LogP contribution >= 0.6 is 0 Å². The Labute approximate surface area is 120 Å². The lowest BCUT2D eigenvalue weighted by Crippen LogP contribution is -2.36. The molecule has 1 aliphatic carbocycles. The van der Waals surface area contributed by atoms with Crippen LogP contribution in [0.5, 0.6) is 5.75 Å². The number of Topliss-reactive ketones (excluding diaryl/α,β-unsaturated/α-hetero) is 1. The third-order valence-corrected chi connectivity index (χ3v) is 4.30. The van der Waals surface area contributed by atoms with Crippen LogP contribution < -0.4 is 4.74 Å². The van der Waals surface area contributed by atoms with Crippen LogP contribution in [-0.2, 0) is 11.2 Å². The van der Waals surface area contributed by atoms with Gasteiger partial charge in [0, 0.05) is 24.0 Å². The number of carbonyl (C=O) groups is 1. The van der Waals surface area contributed by atoms with Gasteiger partial charge >= 0.3 is 0 Å². The summed E-state index contributed by atoms with van der Waals surface area (Å²) in [5.41, 5.74) is 1.42. The first kappa shape index (κ1) is 13.6. The molecule has 20 heavy (non-hydrogen) atoms. The molecule has 3 heteroatoms. The maximum Gasteiger partial charge on any atom is 0.163 e. The summed E-state index contributed by atoms with van der Waals surface area (Å²) >= 11 is 0. The SMILES string of the molecule is CC1(C)CC(Oc2cccc3c2CCC3=O)C(C)(C)O1. The first-order chi connectivity index (χ1) is 9.28. The van der Waals surface area contributed by atoms with Crippen molar-refractivity contribution in [2.24, 2.45) is 0 Å². The zero-order valence-corrected chi connectivity index (χ0v) is 12.7. The van der Waals surface area contributed by atoms with Gasteiger partial charge in [-0.1, -0.05) is 12.1 Å². The van der Waals surface area contributed by atoms with E-state index in [2.05, 4.69) is 27.7 Å². The quantitative estimate of drug-likeness (QED) is 0.827. The second-order valence-electron chi connectivity index (χ2n) is 6.98. The van der Waals surface area contributed by atoms with Gasteiger partial charge in [0.25, 0.3) is 0 Å². The average Bonchev–Trinajstić information content (AvgIpc) is 2.78. The minimum Gasteiger partial charge on any atom is -0.487 e. The van der Waals surface area contributed by atoms with Crippen LogP contribution in [0.1, 0.15) is 56.5 Å². The molecule has 1 aromatic carbocycles. The maximum atomic E-state index is 11.8. The van der Waals surface area contributed by atoms with E-state index in [1.165, 1.54) is 0 Å². The van der Waals surface area contributed by atoms with Crippen molar-refractivity contribution in [1.29, 1.82) is 0 Å². The molecule has 0 radical (unpaired) electrons. The Balaban J connectivity index is 1.88. The fourth-order valence-electron chi connectivity index (χ4n) is 3.42. The van der Waals surface area contributed by atoms with Gasteiger partial charge in [-0.15, -0.1) is 0 Å². The first-order valence-electron chi connectivity index (χ1n) is 7.30. The molecular weight excluding hydrogens is 252 g/mol. The van der Waals surface area contributed by atoms with Crippen molar-refractivity contribution < 1.29 is 14.3 Å². The topological polar surface area (TPSA) is 35.5 Å². The predicted molar refractivity (Wildman–Crippen MR) is 77.4 cm³/mol. The van der Waals surface area contributed by atoms with Crippen molar-refractivity contribution in [3.05, 3.63) is 29.3 Å². The van der Waals surface area contributed by atoms with Gasteiger partial charge < -0.3 is 9.47 Å². The van der Waals surface area contributed by atoms with E-state index in [1.807, 2.05) is 18.2 Å². The van der Waals surface area contributed by atoms with Crippen LogP contribution in [0.4, 0.5) is 0 Å². The van der Waals surface area contributed by atoms with Gasteiger partial charge in [-0.25, -0.2) is 0 Å². The third kappa shape index (κ3) is 2.24. The van der Waals surface area contributed by atoms with Crippen molar-refractivity contribution in [2.45, 2.75) is 64.3 Å². The monoisotopic (exact) mass is 274 g/mol. The predicted octanol–water partition coefficient (Wildman–Crippen LogP) is 3.54. The Morgan fingerprint density at radius 1 is 1.20 bits per heavy atom. The molecule has 1 aromatic rings. The average molecular weight is 274 g/mol. The molecule has 0 amide bonds. The van der Waals surface area contributed by atoms with E-state index in [0.717, 1.165) is 29.7 Å². The molecule has 0 N–H and O–H groups in total. The Kier molecular flexibility index (Phi) is 2.94. The molecular formula is C17H22O3. The Morgan fingerprint density at radius 2 is 1.95 bits per heavy atom. The van der Waals surface area contributed by atoms with Gasteiger partial charge in [-0.3, -0.25) is 4.79 Å². The molecule has 1 saturated heterocycles. The summed E-state index contributed by atoms with van der Waals surface area (Å²) in [6.07, 6.45) is 2.27. The summed E-state index contributed by atoms with van der Waals surface area (Å²) in [5.74, 6) is 1.08. The van der Waals surface area contributed by atoms with Crippen molar-refractivity contribution >= 4 is 5.78 Å². The highest BCUT2D eigenvalue weighted by Gasteiger charge is 2.47. The van der Waals surface area contributed by atoms with Gasteiger partial charge in [0.2, 0.25) is 0 Å². The second-order valence-corrected chi connectivity index (χ2v) is 6.98. The number of ketones is 1. The molecule has 0 spiro atoms. The first-order valence-corrected chi connectivity index (χ1v) is 7.30. The Hall–Kier alpha value is -1.35. The van der Waals surface area contributed by atoms with Crippen molar-refractivity contribution in [3.63, 3.8) is 0 Å². The minimum absolute atomic E-state index is 0.0136. The lowest BCUT2D eigenvalue weighted by atomic mass is 9.97. The smallest absolute Gasteiger partial charge is 0.163 e. The zero-order chi connectivity index (χ0) is 14.5.